The summed E-state index contributed by atoms with van der Waals surface area (Å²) in [5, 5.41) is 0. The van der Waals surface area contributed by atoms with Crippen molar-refractivity contribution in [2.75, 3.05) is 0 Å². The molecule has 0 spiro atoms. The van der Waals surface area contributed by atoms with Gasteiger partial charge in [0.15, 0.2) is 0 Å². The van der Waals surface area contributed by atoms with Crippen LogP contribution in [0.3, 0.4) is 0 Å². The zero-order chi connectivity index (χ0) is 10.8. The van der Waals surface area contributed by atoms with Crippen molar-refractivity contribution in [2.45, 2.75) is 19.3 Å². The molecule has 2 rings (SSSR count). The molecule has 0 saturated carbocycles. The molecule has 0 radical (unpaired) electrons. The van der Waals surface area contributed by atoms with Gasteiger partial charge in [-0.2, -0.15) is 0 Å². The second-order valence-electron chi connectivity index (χ2n) is 3.85. The summed E-state index contributed by atoms with van der Waals surface area (Å²) in [5.74, 6) is -0.923. The molecule has 1 aliphatic carbocycles. The van der Waals surface area contributed by atoms with Gasteiger partial charge in [-0.25, -0.2) is 8.78 Å². The summed E-state index contributed by atoms with van der Waals surface area (Å²) in [4.78, 5) is 0. The Morgan fingerprint density at radius 1 is 1.13 bits per heavy atom. The quantitative estimate of drug-likeness (QED) is 0.652. The second kappa shape index (κ2) is 3.97. The maximum atomic E-state index is 13.0. The third-order valence-corrected chi connectivity index (χ3v) is 2.60. The SMILES string of the molecule is CC1=CCC(c2cc(F)cc(F)c2)C=C1. The molecule has 1 aromatic carbocycles. The molecule has 0 bridgehead atoms. The Balaban J connectivity index is 2.28. The first-order valence-corrected chi connectivity index (χ1v) is 4.96. The minimum Gasteiger partial charge on any atom is -0.207 e. The maximum absolute atomic E-state index is 13.0. The largest absolute Gasteiger partial charge is 0.207 e. The number of halogens is 2. The number of hydrogen-bond acceptors (Lipinski definition) is 0. The van der Waals surface area contributed by atoms with Crippen molar-refractivity contribution in [2.24, 2.45) is 0 Å². The summed E-state index contributed by atoms with van der Waals surface area (Å²) >= 11 is 0. The van der Waals surface area contributed by atoms with E-state index in [9.17, 15) is 8.78 Å². The zero-order valence-corrected chi connectivity index (χ0v) is 8.50. The minimum atomic E-state index is -0.510. The molecule has 1 unspecified atom stereocenters. The Bertz CT molecular complexity index is 410. The van der Waals surface area contributed by atoms with Crippen LogP contribution in [0.25, 0.3) is 0 Å². The van der Waals surface area contributed by atoms with E-state index < -0.39 is 11.6 Å². The molecule has 0 aromatic heterocycles. The monoisotopic (exact) mass is 206 g/mol. The molecule has 0 N–H and O–H groups in total. The van der Waals surface area contributed by atoms with E-state index in [1.165, 1.54) is 17.7 Å². The van der Waals surface area contributed by atoms with E-state index in [2.05, 4.69) is 6.08 Å². The van der Waals surface area contributed by atoms with Crippen LogP contribution in [0, 0.1) is 11.6 Å². The van der Waals surface area contributed by atoms with Gasteiger partial charge in [0.25, 0.3) is 0 Å². The highest BCUT2D eigenvalue weighted by Crippen LogP contribution is 2.27. The molecule has 1 aliphatic rings. The molecule has 1 aromatic rings. The van der Waals surface area contributed by atoms with Crippen LogP contribution in [0.5, 0.6) is 0 Å². The van der Waals surface area contributed by atoms with Gasteiger partial charge >= 0.3 is 0 Å². The molecule has 0 amide bonds. The van der Waals surface area contributed by atoms with Gasteiger partial charge < -0.3 is 0 Å². The van der Waals surface area contributed by atoms with E-state index in [1.807, 2.05) is 19.1 Å². The highest BCUT2D eigenvalue weighted by molar-refractivity contribution is 5.32. The highest BCUT2D eigenvalue weighted by Gasteiger charge is 2.11. The summed E-state index contributed by atoms with van der Waals surface area (Å²) in [6.45, 7) is 2.01. The molecule has 2 heteroatoms. The fourth-order valence-electron chi connectivity index (χ4n) is 1.76. The van der Waals surface area contributed by atoms with Gasteiger partial charge in [-0.3, -0.25) is 0 Å². The van der Waals surface area contributed by atoms with Gasteiger partial charge in [0.05, 0.1) is 0 Å². The van der Waals surface area contributed by atoms with Crippen LogP contribution in [-0.4, -0.2) is 0 Å². The zero-order valence-electron chi connectivity index (χ0n) is 8.50. The number of hydrogen-bond donors (Lipinski definition) is 0. The third-order valence-electron chi connectivity index (χ3n) is 2.60. The predicted molar refractivity (Wildman–Crippen MR) is 56.6 cm³/mol. The van der Waals surface area contributed by atoms with Crippen LogP contribution in [-0.2, 0) is 0 Å². The van der Waals surface area contributed by atoms with E-state index in [0.717, 1.165) is 12.5 Å². The van der Waals surface area contributed by atoms with E-state index in [4.69, 9.17) is 0 Å². The second-order valence-corrected chi connectivity index (χ2v) is 3.85. The Hall–Kier alpha value is -1.44. The van der Waals surface area contributed by atoms with Gasteiger partial charge in [0.2, 0.25) is 0 Å². The Kier molecular flexibility index (Phi) is 2.67. The molecule has 0 heterocycles. The van der Waals surface area contributed by atoms with Crippen LogP contribution in [0.4, 0.5) is 8.78 Å². The topological polar surface area (TPSA) is 0 Å². The smallest absolute Gasteiger partial charge is 0.126 e. The van der Waals surface area contributed by atoms with E-state index >= 15 is 0 Å². The first-order valence-electron chi connectivity index (χ1n) is 4.96. The fraction of sp³-hybridized carbons (Fsp3) is 0.231. The molecule has 15 heavy (non-hydrogen) atoms. The van der Waals surface area contributed by atoms with Crippen molar-refractivity contribution < 1.29 is 8.78 Å². The average Bonchev–Trinajstić information content (AvgIpc) is 2.17. The lowest BCUT2D eigenvalue weighted by Gasteiger charge is -2.15. The summed E-state index contributed by atoms with van der Waals surface area (Å²) in [5.41, 5.74) is 1.90. The molecule has 0 aliphatic heterocycles. The summed E-state index contributed by atoms with van der Waals surface area (Å²) in [6.07, 6.45) is 6.86. The van der Waals surface area contributed by atoms with Gasteiger partial charge in [0.1, 0.15) is 11.6 Å². The van der Waals surface area contributed by atoms with Crippen LogP contribution in [0.2, 0.25) is 0 Å². The maximum Gasteiger partial charge on any atom is 0.126 e. The van der Waals surface area contributed by atoms with Crippen LogP contribution < -0.4 is 0 Å². The van der Waals surface area contributed by atoms with Crippen molar-refractivity contribution in [1.82, 2.24) is 0 Å². The van der Waals surface area contributed by atoms with Gasteiger partial charge in [-0.1, -0.05) is 23.8 Å². The normalized spacial score (nSPS) is 20.2. The van der Waals surface area contributed by atoms with E-state index in [1.54, 1.807) is 0 Å². The van der Waals surface area contributed by atoms with Crippen molar-refractivity contribution in [3.05, 3.63) is 59.2 Å². The molecular formula is C13H12F2. The molecule has 1 atom stereocenters. The van der Waals surface area contributed by atoms with Crippen molar-refractivity contribution in [1.29, 1.82) is 0 Å². The highest BCUT2D eigenvalue weighted by atomic mass is 19.1. The number of allylic oxidation sites excluding steroid dienone is 4. The Labute approximate surface area is 87.9 Å². The summed E-state index contributed by atoms with van der Waals surface area (Å²) in [6, 6.07) is 3.69. The van der Waals surface area contributed by atoms with Crippen molar-refractivity contribution in [3.63, 3.8) is 0 Å². The van der Waals surface area contributed by atoms with Crippen molar-refractivity contribution >= 4 is 0 Å². The van der Waals surface area contributed by atoms with Gasteiger partial charge in [-0.15, -0.1) is 0 Å². The first kappa shape index (κ1) is 10.1. The number of rotatable bonds is 1. The van der Waals surface area contributed by atoms with Crippen LogP contribution in [0.15, 0.2) is 42.0 Å². The molecule has 0 nitrogen and oxygen atoms in total. The lowest BCUT2D eigenvalue weighted by Crippen LogP contribution is -1.99. The molecular weight excluding hydrogens is 194 g/mol. The van der Waals surface area contributed by atoms with Crippen LogP contribution in [0.1, 0.15) is 24.8 Å². The molecule has 0 fully saturated rings. The van der Waals surface area contributed by atoms with Crippen molar-refractivity contribution in [3.8, 4) is 0 Å². The minimum absolute atomic E-state index is 0.0962. The van der Waals surface area contributed by atoms with E-state index in [-0.39, 0.29) is 5.92 Å². The fourth-order valence-corrected chi connectivity index (χ4v) is 1.76. The van der Waals surface area contributed by atoms with Gasteiger partial charge in [-0.05, 0) is 31.0 Å². The lowest BCUT2D eigenvalue weighted by atomic mass is 9.90. The summed E-state index contributed by atoms with van der Waals surface area (Å²) in [7, 11) is 0. The average molecular weight is 206 g/mol. The molecule has 78 valence electrons. The molecule has 0 saturated heterocycles. The lowest BCUT2D eigenvalue weighted by molar-refractivity contribution is 0.577. The van der Waals surface area contributed by atoms with Crippen LogP contribution >= 0.6 is 0 Å². The first-order chi connectivity index (χ1) is 7.15. The Morgan fingerprint density at radius 3 is 2.33 bits per heavy atom. The van der Waals surface area contributed by atoms with Gasteiger partial charge in [0, 0.05) is 12.0 Å². The van der Waals surface area contributed by atoms with E-state index in [0.29, 0.717) is 5.56 Å². The predicted octanol–water partition coefficient (Wildman–Crippen LogP) is 3.95. The third kappa shape index (κ3) is 2.32. The Morgan fingerprint density at radius 2 is 1.80 bits per heavy atom. The summed E-state index contributed by atoms with van der Waals surface area (Å²) < 4.78 is 26.0. The standard InChI is InChI=1S/C13H12F2/c1-9-2-4-10(5-3-9)11-6-12(14)8-13(15)7-11/h2-4,6-8,10H,5H2,1H3. The number of benzene rings is 1.